The SMILES string of the molecule is COc1cc(Nc2nc(N3OCCC3c3ccccc3)c3ccn(COCC[Si](C)(C)C)c3n2)ccc1N1CCC(N2CCN(C)CC2)CC1. The monoisotopic (exact) mass is 698 g/mol. The number of rotatable bonds is 12. The van der Waals surface area contributed by atoms with Gasteiger partial charge in [0.1, 0.15) is 18.1 Å². The molecular weight excluding hydrogens is 645 g/mol. The Balaban J connectivity index is 1.13. The minimum atomic E-state index is -1.20. The maximum absolute atomic E-state index is 6.28. The predicted molar refractivity (Wildman–Crippen MR) is 204 cm³/mol. The highest BCUT2D eigenvalue weighted by atomic mass is 28.3. The van der Waals surface area contributed by atoms with Crippen LogP contribution in [0.5, 0.6) is 5.75 Å². The molecule has 11 nitrogen and oxygen atoms in total. The van der Waals surface area contributed by atoms with Crippen molar-refractivity contribution in [3.63, 3.8) is 0 Å². The second kappa shape index (κ2) is 15.3. The van der Waals surface area contributed by atoms with Crippen LogP contribution in [-0.2, 0) is 16.3 Å². The molecule has 1 atom stereocenters. The lowest BCUT2D eigenvalue weighted by molar-refractivity contribution is 0.0899. The molecule has 3 fully saturated rings. The zero-order valence-corrected chi connectivity index (χ0v) is 31.5. The number of piperazine rings is 1. The van der Waals surface area contributed by atoms with E-state index in [9.17, 15) is 0 Å². The third-order valence-electron chi connectivity index (χ3n) is 10.4. The molecule has 5 heterocycles. The summed E-state index contributed by atoms with van der Waals surface area (Å²) in [6, 6.07) is 20.8. The first-order chi connectivity index (χ1) is 24.3. The summed E-state index contributed by atoms with van der Waals surface area (Å²) in [5.74, 6) is 2.09. The first kappa shape index (κ1) is 34.8. The average molecular weight is 699 g/mol. The fourth-order valence-electron chi connectivity index (χ4n) is 7.38. The minimum Gasteiger partial charge on any atom is -0.495 e. The third kappa shape index (κ3) is 7.94. The van der Waals surface area contributed by atoms with Gasteiger partial charge in [-0.1, -0.05) is 50.0 Å². The molecule has 1 unspecified atom stereocenters. The number of ether oxygens (including phenoxy) is 2. The number of piperidine rings is 1. The Labute approximate surface area is 298 Å². The van der Waals surface area contributed by atoms with E-state index in [-0.39, 0.29) is 6.04 Å². The van der Waals surface area contributed by atoms with Crippen LogP contribution in [0.15, 0.2) is 60.8 Å². The zero-order valence-electron chi connectivity index (χ0n) is 30.5. The van der Waals surface area contributed by atoms with Crippen LogP contribution < -0.4 is 20.0 Å². The van der Waals surface area contributed by atoms with Gasteiger partial charge in [0.15, 0.2) is 5.82 Å². The molecule has 50 heavy (non-hydrogen) atoms. The second-order valence-electron chi connectivity index (χ2n) is 15.2. The predicted octanol–water partition coefficient (Wildman–Crippen LogP) is 6.60. The van der Waals surface area contributed by atoms with Crippen molar-refractivity contribution < 1.29 is 14.3 Å². The highest BCUT2D eigenvalue weighted by Crippen LogP contribution is 2.39. The van der Waals surface area contributed by atoms with E-state index in [2.05, 4.69) is 99.8 Å². The number of anilines is 4. The van der Waals surface area contributed by atoms with Crippen LogP contribution in [0.25, 0.3) is 11.0 Å². The summed E-state index contributed by atoms with van der Waals surface area (Å²) in [5.41, 5.74) is 4.01. The Kier molecular flexibility index (Phi) is 10.6. The van der Waals surface area contributed by atoms with E-state index in [1.54, 1.807) is 7.11 Å². The second-order valence-corrected chi connectivity index (χ2v) is 20.8. The van der Waals surface area contributed by atoms with E-state index in [1.165, 1.54) is 31.5 Å². The van der Waals surface area contributed by atoms with Gasteiger partial charge in [0.25, 0.3) is 0 Å². The van der Waals surface area contributed by atoms with Gasteiger partial charge in [-0.15, -0.1) is 0 Å². The van der Waals surface area contributed by atoms with Crippen LogP contribution in [-0.4, -0.2) is 105 Å². The third-order valence-corrected chi connectivity index (χ3v) is 12.1. The van der Waals surface area contributed by atoms with Gasteiger partial charge in [-0.2, -0.15) is 9.97 Å². The highest BCUT2D eigenvalue weighted by molar-refractivity contribution is 6.76. The summed E-state index contributed by atoms with van der Waals surface area (Å²) in [4.78, 5) is 24.0. The van der Waals surface area contributed by atoms with Crippen molar-refractivity contribution >= 4 is 42.2 Å². The number of benzene rings is 2. The summed E-state index contributed by atoms with van der Waals surface area (Å²) < 4.78 is 14.2. The minimum absolute atomic E-state index is 0.0539. The van der Waals surface area contributed by atoms with Crippen LogP contribution in [0.3, 0.4) is 0 Å². The number of nitrogens with one attached hydrogen (secondary N) is 1. The van der Waals surface area contributed by atoms with Crippen molar-refractivity contribution in [3.8, 4) is 5.75 Å². The molecule has 3 aliphatic heterocycles. The molecule has 3 aliphatic rings. The fraction of sp³-hybridized carbons (Fsp3) is 0.526. The van der Waals surface area contributed by atoms with E-state index >= 15 is 0 Å². The Bertz CT molecular complexity index is 1710. The topological polar surface area (TPSA) is 83.4 Å². The number of nitrogens with zero attached hydrogens (tertiary/aromatic N) is 7. The molecule has 7 rings (SSSR count). The van der Waals surface area contributed by atoms with Crippen LogP contribution in [0.4, 0.5) is 23.1 Å². The van der Waals surface area contributed by atoms with Crippen LogP contribution >= 0.6 is 0 Å². The lowest BCUT2D eigenvalue weighted by Gasteiger charge is -2.42. The molecule has 268 valence electrons. The van der Waals surface area contributed by atoms with Gasteiger partial charge in [0.05, 0.1) is 30.8 Å². The van der Waals surface area contributed by atoms with Gasteiger partial charge < -0.3 is 29.2 Å². The van der Waals surface area contributed by atoms with Crippen LogP contribution in [0.2, 0.25) is 25.7 Å². The van der Waals surface area contributed by atoms with E-state index in [4.69, 9.17) is 24.3 Å². The summed E-state index contributed by atoms with van der Waals surface area (Å²) in [6.45, 7) is 15.6. The highest BCUT2D eigenvalue weighted by Gasteiger charge is 2.32. The number of likely N-dealkylation sites (N-methyl/N-ethyl adjacent to an activating group) is 1. The number of fused-ring (bicyclic) bond motifs is 1. The molecule has 12 heteroatoms. The lowest BCUT2D eigenvalue weighted by Crippen LogP contribution is -2.52. The largest absolute Gasteiger partial charge is 0.495 e. The number of hydrogen-bond donors (Lipinski definition) is 1. The van der Waals surface area contributed by atoms with Crippen molar-refractivity contribution in [2.24, 2.45) is 0 Å². The lowest BCUT2D eigenvalue weighted by atomic mass is 10.0. The summed E-state index contributed by atoms with van der Waals surface area (Å²) in [6.07, 6.45) is 5.27. The molecule has 0 aliphatic carbocycles. The van der Waals surface area contributed by atoms with E-state index < -0.39 is 8.07 Å². The molecule has 0 radical (unpaired) electrons. The van der Waals surface area contributed by atoms with Crippen molar-refractivity contribution in [2.75, 3.05) is 81.9 Å². The quantitative estimate of drug-likeness (QED) is 0.129. The smallest absolute Gasteiger partial charge is 0.231 e. The molecule has 0 spiro atoms. The molecule has 3 saturated heterocycles. The van der Waals surface area contributed by atoms with Crippen molar-refractivity contribution in [3.05, 3.63) is 66.4 Å². The van der Waals surface area contributed by atoms with Crippen molar-refractivity contribution in [1.82, 2.24) is 24.3 Å². The number of hydrogen-bond acceptors (Lipinski definition) is 10. The Morgan fingerprint density at radius 2 is 1.70 bits per heavy atom. The standard InChI is InChI=1S/C38H54N8O3Si/c1-42-20-22-43(23-21-42)31-13-17-44(18-14-31)34-12-11-30(27-35(34)47-2)39-38-40-36-32(15-19-45(36)28-48-25-26-50(3,4)5)37(41-38)46-33(16-24-49-46)29-9-7-6-8-10-29/h6-12,15,19,27,31,33H,13-14,16-18,20-26,28H2,1-5H3,(H,39,40,41). The van der Waals surface area contributed by atoms with Gasteiger partial charge in [-0.3, -0.25) is 9.74 Å². The van der Waals surface area contributed by atoms with E-state index in [0.717, 1.165) is 79.2 Å². The van der Waals surface area contributed by atoms with Crippen molar-refractivity contribution in [2.45, 2.75) is 63.8 Å². The molecule has 2 aromatic heterocycles. The summed E-state index contributed by atoms with van der Waals surface area (Å²) >= 11 is 0. The van der Waals surface area contributed by atoms with Gasteiger partial charge in [-0.25, -0.2) is 5.06 Å². The number of hydroxylamine groups is 1. The number of aromatic nitrogens is 3. The Morgan fingerprint density at radius 3 is 2.44 bits per heavy atom. The van der Waals surface area contributed by atoms with E-state index in [0.29, 0.717) is 25.3 Å². The zero-order chi connectivity index (χ0) is 34.7. The first-order valence-electron chi connectivity index (χ1n) is 18.3. The molecule has 0 saturated carbocycles. The number of methoxy groups -OCH3 is 1. The molecule has 0 bridgehead atoms. The Hall–Kier alpha value is -3.68. The average Bonchev–Trinajstić information content (AvgIpc) is 3.78. The van der Waals surface area contributed by atoms with Gasteiger partial charge in [0, 0.05) is 84.4 Å². The molecular formula is C38H54N8O3Si. The van der Waals surface area contributed by atoms with E-state index in [1.807, 2.05) is 17.3 Å². The van der Waals surface area contributed by atoms with Gasteiger partial charge >= 0.3 is 0 Å². The maximum Gasteiger partial charge on any atom is 0.231 e. The van der Waals surface area contributed by atoms with Gasteiger partial charge in [0.2, 0.25) is 5.95 Å². The van der Waals surface area contributed by atoms with Gasteiger partial charge in [-0.05, 0) is 49.7 Å². The van der Waals surface area contributed by atoms with Crippen LogP contribution in [0.1, 0.15) is 30.9 Å². The molecule has 1 N–H and O–H groups in total. The Morgan fingerprint density at radius 1 is 0.920 bits per heavy atom. The van der Waals surface area contributed by atoms with Crippen molar-refractivity contribution in [1.29, 1.82) is 0 Å². The maximum atomic E-state index is 6.28. The fourth-order valence-corrected chi connectivity index (χ4v) is 8.14. The van der Waals surface area contributed by atoms with Crippen LogP contribution in [0, 0.1) is 0 Å². The molecule has 4 aromatic rings. The normalized spacial score (nSPS) is 19.8. The molecule has 2 aromatic carbocycles. The molecule has 0 amide bonds. The summed E-state index contributed by atoms with van der Waals surface area (Å²) in [5, 5.41) is 6.41. The summed E-state index contributed by atoms with van der Waals surface area (Å²) in [7, 11) is 2.78. The first-order valence-corrected chi connectivity index (χ1v) is 22.0.